The van der Waals surface area contributed by atoms with Crippen molar-refractivity contribution >= 4 is 27.3 Å². The van der Waals surface area contributed by atoms with Crippen LogP contribution in [0.3, 0.4) is 0 Å². The Morgan fingerprint density at radius 1 is 1.41 bits per heavy atom. The molecule has 2 aromatic rings. The standard InChI is InChI=1S/C13H15BrN2S/c1-3-15-7-13-16-12(8-17-13)11-6-10(14)5-4-9(11)2/h4-6,8,15H,3,7H2,1-2H3. The van der Waals surface area contributed by atoms with Gasteiger partial charge in [0.15, 0.2) is 0 Å². The number of benzene rings is 1. The predicted octanol–water partition coefficient (Wildman–Crippen LogP) is 3.99. The summed E-state index contributed by atoms with van der Waals surface area (Å²) in [5.74, 6) is 0. The zero-order valence-electron chi connectivity index (χ0n) is 9.96. The summed E-state index contributed by atoms with van der Waals surface area (Å²) in [5.41, 5.74) is 3.54. The molecule has 2 nitrogen and oxygen atoms in total. The predicted molar refractivity (Wildman–Crippen MR) is 77.4 cm³/mol. The maximum Gasteiger partial charge on any atom is 0.107 e. The average molecular weight is 311 g/mol. The lowest BCUT2D eigenvalue weighted by Gasteiger charge is -2.03. The van der Waals surface area contributed by atoms with Gasteiger partial charge in [-0.25, -0.2) is 4.98 Å². The van der Waals surface area contributed by atoms with E-state index in [-0.39, 0.29) is 0 Å². The lowest BCUT2D eigenvalue weighted by Crippen LogP contribution is -2.11. The van der Waals surface area contributed by atoms with Crippen molar-refractivity contribution in [2.75, 3.05) is 6.54 Å². The van der Waals surface area contributed by atoms with E-state index in [1.807, 2.05) is 0 Å². The SMILES string of the molecule is CCNCc1nc(-c2cc(Br)ccc2C)cs1. The van der Waals surface area contributed by atoms with Crippen LogP contribution < -0.4 is 5.32 Å². The van der Waals surface area contributed by atoms with E-state index in [1.165, 1.54) is 11.1 Å². The number of nitrogens with one attached hydrogen (secondary N) is 1. The lowest BCUT2D eigenvalue weighted by molar-refractivity contribution is 0.723. The highest BCUT2D eigenvalue weighted by molar-refractivity contribution is 9.10. The van der Waals surface area contributed by atoms with Crippen molar-refractivity contribution in [1.29, 1.82) is 0 Å². The first kappa shape index (κ1) is 12.7. The molecular formula is C13H15BrN2S. The van der Waals surface area contributed by atoms with Crippen molar-refractivity contribution in [3.63, 3.8) is 0 Å². The Hall–Kier alpha value is -0.710. The Bertz CT molecular complexity index is 508. The summed E-state index contributed by atoms with van der Waals surface area (Å²) >= 11 is 5.22. The second-order valence-corrected chi connectivity index (χ2v) is 5.72. The highest BCUT2D eigenvalue weighted by atomic mass is 79.9. The van der Waals surface area contributed by atoms with Gasteiger partial charge < -0.3 is 5.32 Å². The molecule has 0 atom stereocenters. The molecule has 0 aliphatic carbocycles. The largest absolute Gasteiger partial charge is 0.311 e. The van der Waals surface area contributed by atoms with E-state index >= 15 is 0 Å². The van der Waals surface area contributed by atoms with Gasteiger partial charge in [0, 0.05) is 22.0 Å². The zero-order chi connectivity index (χ0) is 12.3. The molecule has 90 valence electrons. The van der Waals surface area contributed by atoms with Gasteiger partial charge >= 0.3 is 0 Å². The first-order chi connectivity index (χ1) is 8.20. The molecule has 0 fully saturated rings. The van der Waals surface area contributed by atoms with Crippen molar-refractivity contribution in [3.05, 3.63) is 38.6 Å². The fourth-order valence-corrected chi connectivity index (χ4v) is 2.74. The molecule has 1 heterocycles. The molecule has 17 heavy (non-hydrogen) atoms. The number of rotatable bonds is 4. The van der Waals surface area contributed by atoms with E-state index in [0.29, 0.717) is 0 Å². The molecule has 0 radical (unpaired) electrons. The Kier molecular flexibility index (Phi) is 4.31. The Labute approximate surface area is 114 Å². The molecule has 0 unspecified atom stereocenters. The van der Waals surface area contributed by atoms with Crippen molar-refractivity contribution in [3.8, 4) is 11.3 Å². The van der Waals surface area contributed by atoms with E-state index in [0.717, 1.165) is 28.3 Å². The smallest absolute Gasteiger partial charge is 0.107 e. The highest BCUT2D eigenvalue weighted by Crippen LogP contribution is 2.27. The van der Waals surface area contributed by atoms with Crippen LogP contribution in [0, 0.1) is 6.92 Å². The van der Waals surface area contributed by atoms with Gasteiger partial charge in [0.25, 0.3) is 0 Å². The average Bonchev–Trinajstić information content (AvgIpc) is 2.78. The summed E-state index contributed by atoms with van der Waals surface area (Å²) in [5, 5.41) is 6.56. The van der Waals surface area contributed by atoms with E-state index in [1.54, 1.807) is 11.3 Å². The number of aryl methyl sites for hydroxylation is 1. The molecule has 0 saturated carbocycles. The summed E-state index contributed by atoms with van der Waals surface area (Å²) in [6, 6.07) is 6.30. The topological polar surface area (TPSA) is 24.9 Å². The number of thiazole rings is 1. The van der Waals surface area contributed by atoms with Crippen LogP contribution in [-0.4, -0.2) is 11.5 Å². The lowest BCUT2D eigenvalue weighted by atomic mass is 10.1. The fourth-order valence-electron chi connectivity index (χ4n) is 1.62. The van der Waals surface area contributed by atoms with Crippen LogP contribution in [-0.2, 0) is 6.54 Å². The molecular weight excluding hydrogens is 296 g/mol. The summed E-state index contributed by atoms with van der Waals surface area (Å²) in [6.45, 7) is 6.05. The van der Waals surface area contributed by atoms with E-state index in [4.69, 9.17) is 0 Å². The van der Waals surface area contributed by atoms with Gasteiger partial charge in [-0.15, -0.1) is 11.3 Å². The maximum atomic E-state index is 4.66. The third-order valence-electron chi connectivity index (χ3n) is 2.55. The summed E-state index contributed by atoms with van der Waals surface area (Å²) in [6.07, 6.45) is 0. The molecule has 0 aliphatic rings. The van der Waals surface area contributed by atoms with Gasteiger partial charge in [-0.05, 0) is 31.2 Å². The highest BCUT2D eigenvalue weighted by Gasteiger charge is 2.07. The molecule has 1 aromatic heterocycles. The van der Waals surface area contributed by atoms with Gasteiger partial charge in [-0.2, -0.15) is 0 Å². The molecule has 0 amide bonds. The Balaban J connectivity index is 2.27. The van der Waals surface area contributed by atoms with Gasteiger partial charge in [0.2, 0.25) is 0 Å². The zero-order valence-corrected chi connectivity index (χ0v) is 12.4. The Morgan fingerprint density at radius 2 is 2.24 bits per heavy atom. The van der Waals surface area contributed by atoms with E-state index in [2.05, 4.69) is 63.7 Å². The van der Waals surface area contributed by atoms with Gasteiger partial charge in [-0.3, -0.25) is 0 Å². The summed E-state index contributed by atoms with van der Waals surface area (Å²) in [7, 11) is 0. The van der Waals surface area contributed by atoms with E-state index < -0.39 is 0 Å². The number of hydrogen-bond donors (Lipinski definition) is 1. The van der Waals surface area contributed by atoms with E-state index in [9.17, 15) is 0 Å². The van der Waals surface area contributed by atoms with Gasteiger partial charge in [0.1, 0.15) is 5.01 Å². The monoisotopic (exact) mass is 310 g/mol. The number of hydrogen-bond acceptors (Lipinski definition) is 3. The quantitative estimate of drug-likeness (QED) is 0.923. The normalized spacial score (nSPS) is 10.8. The second kappa shape index (κ2) is 5.76. The first-order valence-electron chi connectivity index (χ1n) is 5.62. The number of nitrogens with zero attached hydrogens (tertiary/aromatic N) is 1. The van der Waals surface area contributed by atoms with Crippen LogP contribution in [0.1, 0.15) is 17.5 Å². The van der Waals surface area contributed by atoms with Crippen LogP contribution in [0.5, 0.6) is 0 Å². The first-order valence-corrected chi connectivity index (χ1v) is 7.29. The minimum absolute atomic E-state index is 0.855. The van der Waals surface area contributed by atoms with Crippen LogP contribution in [0.2, 0.25) is 0 Å². The van der Waals surface area contributed by atoms with Crippen LogP contribution in [0.25, 0.3) is 11.3 Å². The van der Waals surface area contributed by atoms with Crippen LogP contribution >= 0.6 is 27.3 Å². The molecule has 1 N–H and O–H groups in total. The molecule has 2 rings (SSSR count). The van der Waals surface area contributed by atoms with Crippen LogP contribution in [0.4, 0.5) is 0 Å². The summed E-state index contributed by atoms with van der Waals surface area (Å²) < 4.78 is 1.10. The fraction of sp³-hybridized carbons (Fsp3) is 0.308. The number of halogens is 1. The van der Waals surface area contributed by atoms with Crippen LogP contribution in [0.15, 0.2) is 28.1 Å². The minimum Gasteiger partial charge on any atom is -0.311 e. The molecule has 4 heteroatoms. The molecule has 0 spiro atoms. The third-order valence-corrected chi connectivity index (χ3v) is 3.90. The molecule has 0 bridgehead atoms. The second-order valence-electron chi connectivity index (χ2n) is 3.87. The molecule has 1 aromatic carbocycles. The molecule has 0 saturated heterocycles. The summed E-state index contributed by atoms with van der Waals surface area (Å²) in [4.78, 5) is 4.66. The van der Waals surface area contributed by atoms with Gasteiger partial charge in [0.05, 0.1) is 5.69 Å². The Morgan fingerprint density at radius 3 is 3.00 bits per heavy atom. The van der Waals surface area contributed by atoms with Crippen molar-refractivity contribution in [1.82, 2.24) is 10.3 Å². The van der Waals surface area contributed by atoms with Crippen molar-refractivity contribution in [2.45, 2.75) is 20.4 Å². The molecule has 0 aliphatic heterocycles. The maximum absolute atomic E-state index is 4.66. The van der Waals surface area contributed by atoms with Gasteiger partial charge in [-0.1, -0.05) is 28.9 Å². The van der Waals surface area contributed by atoms with Crippen molar-refractivity contribution in [2.24, 2.45) is 0 Å². The third kappa shape index (κ3) is 3.15. The minimum atomic E-state index is 0.855. The van der Waals surface area contributed by atoms with Crippen molar-refractivity contribution < 1.29 is 0 Å². The number of aromatic nitrogens is 1.